The maximum Gasteiger partial charge on any atom is 0.202 e. The second kappa shape index (κ2) is 5.93. The van der Waals surface area contributed by atoms with Crippen LogP contribution in [-0.2, 0) is 0 Å². The van der Waals surface area contributed by atoms with Crippen molar-refractivity contribution in [1.29, 1.82) is 0 Å². The van der Waals surface area contributed by atoms with E-state index in [1.165, 1.54) is 0 Å². The molecule has 1 heterocycles. The number of fused-ring (bicyclic) bond motifs is 1. The molecule has 4 heteroatoms. The fourth-order valence-corrected chi connectivity index (χ4v) is 2.53. The largest absolute Gasteiger partial charge is 0.497 e. The van der Waals surface area contributed by atoms with Crippen molar-refractivity contribution in [3.63, 3.8) is 0 Å². The number of aromatic amines is 1. The molecule has 0 spiro atoms. The Balaban J connectivity index is 1.77. The Hall–Kier alpha value is -2.75. The first kappa shape index (κ1) is 14.2. The molecule has 112 valence electrons. The van der Waals surface area contributed by atoms with Crippen LogP contribution in [0.5, 0.6) is 11.5 Å². The van der Waals surface area contributed by atoms with Crippen LogP contribution >= 0.6 is 0 Å². The summed E-state index contributed by atoms with van der Waals surface area (Å²) in [6, 6.07) is 15.0. The van der Waals surface area contributed by atoms with Crippen LogP contribution in [0, 0.1) is 6.92 Å². The topological polar surface area (TPSA) is 51.3 Å². The number of ether oxygens (including phenoxy) is 2. The number of H-pyrrole nitrogens is 1. The summed E-state index contributed by atoms with van der Waals surface area (Å²) in [6.45, 7) is 1.91. The van der Waals surface area contributed by atoms with E-state index in [1.54, 1.807) is 31.4 Å². The quantitative estimate of drug-likeness (QED) is 0.729. The van der Waals surface area contributed by atoms with E-state index in [0.717, 1.165) is 22.3 Å². The lowest BCUT2D eigenvalue weighted by atomic mass is 10.1. The van der Waals surface area contributed by atoms with Crippen molar-refractivity contribution in [1.82, 2.24) is 4.98 Å². The van der Waals surface area contributed by atoms with E-state index in [4.69, 9.17) is 9.47 Å². The third kappa shape index (κ3) is 2.68. The van der Waals surface area contributed by atoms with Gasteiger partial charge in [0, 0.05) is 22.2 Å². The molecule has 4 nitrogen and oxygen atoms in total. The minimum atomic E-state index is -0.0363. The molecule has 0 saturated carbocycles. The van der Waals surface area contributed by atoms with Gasteiger partial charge < -0.3 is 14.5 Å². The van der Waals surface area contributed by atoms with Crippen molar-refractivity contribution in [2.75, 3.05) is 13.7 Å². The maximum absolute atomic E-state index is 12.5. The lowest BCUT2D eigenvalue weighted by molar-refractivity contribution is 0.0922. The van der Waals surface area contributed by atoms with E-state index < -0.39 is 0 Å². The zero-order valence-corrected chi connectivity index (χ0v) is 12.6. The molecule has 1 aromatic heterocycles. The second-order valence-electron chi connectivity index (χ2n) is 5.06. The molecule has 0 aliphatic heterocycles. The van der Waals surface area contributed by atoms with Crippen LogP contribution in [0.15, 0.2) is 48.5 Å². The van der Waals surface area contributed by atoms with Gasteiger partial charge in [-0.25, -0.2) is 0 Å². The summed E-state index contributed by atoms with van der Waals surface area (Å²) in [5, 5.41) is 0.934. The van der Waals surface area contributed by atoms with Gasteiger partial charge in [0.15, 0.2) is 6.61 Å². The summed E-state index contributed by atoms with van der Waals surface area (Å²) in [5.74, 6) is 1.36. The van der Waals surface area contributed by atoms with Gasteiger partial charge in [0.25, 0.3) is 0 Å². The van der Waals surface area contributed by atoms with E-state index in [2.05, 4.69) is 4.98 Å². The number of aromatic nitrogens is 1. The summed E-state index contributed by atoms with van der Waals surface area (Å²) in [5.41, 5.74) is 2.53. The number of methoxy groups -OCH3 is 1. The standard InChI is InChI=1S/C18H17NO3/c1-12-18(15-5-3-4-6-16(15)19-12)17(20)11-22-14-9-7-13(21-2)8-10-14/h3-10,19H,11H2,1-2H3. The molecular formula is C18H17NO3. The number of ketones is 1. The van der Waals surface area contributed by atoms with Crippen LogP contribution in [0.2, 0.25) is 0 Å². The summed E-state index contributed by atoms with van der Waals surface area (Å²) in [4.78, 5) is 15.7. The number of para-hydroxylation sites is 1. The fourth-order valence-electron chi connectivity index (χ4n) is 2.53. The highest BCUT2D eigenvalue weighted by molar-refractivity contribution is 6.09. The number of aryl methyl sites for hydroxylation is 1. The van der Waals surface area contributed by atoms with E-state index in [1.807, 2.05) is 31.2 Å². The van der Waals surface area contributed by atoms with Gasteiger partial charge in [-0.3, -0.25) is 4.79 Å². The molecule has 3 aromatic rings. The number of carbonyl (C=O) groups excluding carboxylic acids is 1. The van der Waals surface area contributed by atoms with Crippen molar-refractivity contribution in [2.45, 2.75) is 6.92 Å². The number of hydrogen-bond acceptors (Lipinski definition) is 3. The Kier molecular flexibility index (Phi) is 3.83. The van der Waals surface area contributed by atoms with Gasteiger partial charge in [-0.05, 0) is 37.3 Å². The van der Waals surface area contributed by atoms with Crippen molar-refractivity contribution in [2.24, 2.45) is 0 Å². The molecule has 0 atom stereocenters. The zero-order chi connectivity index (χ0) is 15.5. The lowest BCUT2D eigenvalue weighted by Crippen LogP contribution is -2.12. The Labute approximate surface area is 128 Å². The van der Waals surface area contributed by atoms with Gasteiger partial charge in [-0.2, -0.15) is 0 Å². The number of benzene rings is 2. The summed E-state index contributed by atoms with van der Waals surface area (Å²) >= 11 is 0. The summed E-state index contributed by atoms with van der Waals surface area (Å²) in [6.07, 6.45) is 0. The highest BCUT2D eigenvalue weighted by atomic mass is 16.5. The minimum Gasteiger partial charge on any atom is -0.497 e. The number of nitrogens with one attached hydrogen (secondary N) is 1. The Morgan fingerprint density at radius 2 is 1.73 bits per heavy atom. The third-order valence-electron chi connectivity index (χ3n) is 3.60. The van der Waals surface area contributed by atoms with E-state index in [-0.39, 0.29) is 12.4 Å². The molecule has 0 aliphatic rings. The van der Waals surface area contributed by atoms with Crippen molar-refractivity contribution >= 4 is 16.7 Å². The van der Waals surface area contributed by atoms with Crippen LogP contribution in [0.4, 0.5) is 0 Å². The molecular weight excluding hydrogens is 278 g/mol. The molecule has 1 N–H and O–H groups in total. The zero-order valence-electron chi connectivity index (χ0n) is 12.6. The third-order valence-corrected chi connectivity index (χ3v) is 3.60. The molecule has 0 bridgehead atoms. The molecule has 0 unspecified atom stereocenters. The van der Waals surface area contributed by atoms with Gasteiger partial charge in [0.05, 0.1) is 7.11 Å². The Morgan fingerprint density at radius 3 is 2.45 bits per heavy atom. The van der Waals surface area contributed by atoms with Crippen LogP contribution in [-0.4, -0.2) is 24.5 Å². The maximum atomic E-state index is 12.5. The number of Topliss-reactive ketones (excluding diaryl/α,β-unsaturated/α-hetero) is 1. The highest BCUT2D eigenvalue weighted by Gasteiger charge is 2.16. The average Bonchev–Trinajstić information content (AvgIpc) is 2.89. The molecule has 0 aliphatic carbocycles. The Bertz CT molecular complexity index is 803. The van der Waals surface area contributed by atoms with Gasteiger partial charge >= 0.3 is 0 Å². The van der Waals surface area contributed by atoms with Crippen LogP contribution in [0.3, 0.4) is 0 Å². The fraction of sp³-hybridized carbons (Fsp3) is 0.167. The van der Waals surface area contributed by atoms with Crippen molar-refractivity contribution < 1.29 is 14.3 Å². The van der Waals surface area contributed by atoms with E-state index in [0.29, 0.717) is 11.3 Å². The van der Waals surface area contributed by atoms with Crippen LogP contribution in [0.25, 0.3) is 10.9 Å². The van der Waals surface area contributed by atoms with Gasteiger partial charge in [-0.1, -0.05) is 18.2 Å². The second-order valence-corrected chi connectivity index (χ2v) is 5.06. The molecule has 0 saturated heterocycles. The normalized spacial score (nSPS) is 10.6. The van der Waals surface area contributed by atoms with Crippen LogP contribution < -0.4 is 9.47 Å². The van der Waals surface area contributed by atoms with Gasteiger partial charge in [0.2, 0.25) is 5.78 Å². The van der Waals surface area contributed by atoms with E-state index in [9.17, 15) is 4.79 Å². The monoisotopic (exact) mass is 295 g/mol. The predicted molar refractivity (Wildman–Crippen MR) is 85.9 cm³/mol. The number of hydrogen-bond donors (Lipinski definition) is 1. The summed E-state index contributed by atoms with van der Waals surface area (Å²) in [7, 11) is 1.61. The molecule has 2 aromatic carbocycles. The Morgan fingerprint density at radius 1 is 1.05 bits per heavy atom. The average molecular weight is 295 g/mol. The van der Waals surface area contributed by atoms with Gasteiger partial charge in [-0.15, -0.1) is 0 Å². The molecule has 0 fully saturated rings. The molecule has 0 amide bonds. The summed E-state index contributed by atoms with van der Waals surface area (Å²) < 4.78 is 10.7. The molecule has 0 radical (unpaired) electrons. The first-order valence-corrected chi connectivity index (χ1v) is 7.06. The first-order valence-electron chi connectivity index (χ1n) is 7.06. The predicted octanol–water partition coefficient (Wildman–Crippen LogP) is 3.75. The number of carbonyl (C=O) groups is 1. The van der Waals surface area contributed by atoms with E-state index >= 15 is 0 Å². The van der Waals surface area contributed by atoms with Gasteiger partial charge in [0.1, 0.15) is 11.5 Å². The smallest absolute Gasteiger partial charge is 0.202 e. The van der Waals surface area contributed by atoms with Crippen molar-refractivity contribution in [3.8, 4) is 11.5 Å². The van der Waals surface area contributed by atoms with Crippen molar-refractivity contribution in [3.05, 3.63) is 59.8 Å². The minimum absolute atomic E-state index is 0.00894. The number of rotatable bonds is 5. The first-order chi connectivity index (χ1) is 10.7. The highest BCUT2D eigenvalue weighted by Crippen LogP contribution is 2.23. The molecule has 22 heavy (non-hydrogen) atoms. The van der Waals surface area contributed by atoms with Crippen LogP contribution in [0.1, 0.15) is 16.1 Å². The lowest BCUT2D eigenvalue weighted by Gasteiger charge is -2.06. The SMILES string of the molecule is COc1ccc(OCC(=O)c2c(C)[nH]c3ccccc23)cc1. The molecule has 3 rings (SSSR count).